The highest BCUT2D eigenvalue weighted by molar-refractivity contribution is 5.77. The van der Waals surface area contributed by atoms with Crippen LogP contribution in [0.25, 0.3) is 0 Å². The average Bonchev–Trinajstić information content (AvgIpc) is 2.33. The number of carbonyl (C=O) groups is 1. The summed E-state index contributed by atoms with van der Waals surface area (Å²) in [6, 6.07) is 0. The van der Waals surface area contributed by atoms with Crippen LogP contribution in [0.4, 0.5) is 0 Å². The number of likely N-dealkylation sites (N-methyl/N-ethyl adjacent to an activating group) is 1. The molecule has 1 heterocycles. The first-order valence-electron chi connectivity index (χ1n) is 5.37. The van der Waals surface area contributed by atoms with Crippen molar-refractivity contribution in [1.82, 2.24) is 14.0 Å². The van der Waals surface area contributed by atoms with Crippen LogP contribution in [0, 0.1) is 0 Å². The summed E-state index contributed by atoms with van der Waals surface area (Å²) >= 11 is 0. The first-order valence-corrected chi connectivity index (χ1v) is 5.37. The van der Waals surface area contributed by atoms with Crippen LogP contribution in [0.5, 0.6) is 0 Å². The van der Waals surface area contributed by atoms with Crippen molar-refractivity contribution in [2.24, 2.45) is 14.1 Å². The third-order valence-corrected chi connectivity index (χ3v) is 2.62. The van der Waals surface area contributed by atoms with Gasteiger partial charge in [0.2, 0.25) is 5.91 Å². The fourth-order valence-electron chi connectivity index (χ4n) is 1.57. The molecule has 1 amide bonds. The summed E-state index contributed by atoms with van der Waals surface area (Å²) in [5.41, 5.74) is -0.406. The Morgan fingerprint density at radius 3 is 2.56 bits per heavy atom. The molecule has 100 valence electrons. The number of amides is 1. The van der Waals surface area contributed by atoms with E-state index in [4.69, 9.17) is 4.74 Å². The normalized spacial score (nSPS) is 10.4. The Balaban J connectivity index is 3.03. The predicted molar refractivity (Wildman–Crippen MR) is 65.3 cm³/mol. The molecule has 0 aliphatic carbocycles. The highest BCUT2D eigenvalue weighted by Crippen LogP contribution is 1.96. The lowest BCUT2D eigenvalue weighted by molar-refractivity contribution is -0.134. The monoisotopic (exact) mass is 255 g/mol. The molecule has 7 heteroatoms. The van der Waals surface area contributed by atoms with Crippen LogP contribution in [0.15, 0.2) is 15.8 Å². The van der Waals surface area contributed by atoms with Crippen molar-refractivity contribution in [3.8, 4) is 0 Å². The van der Waals surface area contributed by atoms with Crippen LogP contribution in [0.1, 0.15) is 5.56 Å². The van der Waals surface area contributed by atoms with E-state index in [-0.39, 0.29) is 19.1 Å². The van der Waals surface area contributed by atoms with Gasteiger partial charge in [0, 0.05) is 34.4 Å². The molecular formula is C11H17N3O4. The van der Waals surface area contributed by atoms with E-state index < -0.39 is 11.2 Å². The molecule has 0 spiro atoms. The third-order valence-electron chi connectivity index (χ3n) is 2.62. The molecule has 0 saturated heterocycles. The molecule has 1 aromatic rings. The Morgan fingerprint density at radius 1 is 1.39 bits per heavy atom. The zero-order valence-corrected chi connectivity index (χ0v) is 11.0. The molecule has 0 N–H and O–H groups in total. The van der Waals surface area contributed by atoms with Crippen LogP contribution in [-0.2, 0) is 30.2 Å². The quantitative estimate of drug-likeness (QED) is 0.669. The molecule has 0 saturated carbocycles. The molecule has 0 atom stereocenters. The fourth-order valence-corrected chi connectivity index (χ4v) is 1.57. The number of nitrogens with zero attached hydrogens (tertiary/aromatic N) is 3. The fraction of sp³-hybridized carbons (Fsp3) is 0.545. The van der Waals surface area contributed by atoms with Crippen LogP contribution in [0.3, 0.4) is 0 Å². The number of carbonyl (C=O) groups excluding carboxylic acids is 1. The van der Waals surface area contributed by atoms with Crippen molar-refractivity contribution in [3.63, 3.8) is 0 Å². The van der Waals surface area contributed by atoms with Gasteiger partial charge >= 0.3 is 5.69 Å². The maximum absolute atomic E-state index is 11.8. The number of hydrogen-bond acceptors (Lipinski definition) is 4. The second kappa shape index (κ2) is 5.63. The summed E-state index contributed by atoms with van der Waals surface area (Å²) in [6.07, 6.45) is 1.45. The van der Waals surface area contributed by atoms with E-state index in [0.717, 1.165) is 4.57 Å². The van der Waals surface area contributed by atoms with E-state index in [1.54, 1.807) is 14.1 Å². The van der Waals surface area contributed by atoms with E-state index in [0.29, 0.717) is 5.56 Å². The van der Waals surface area contributed by atoms with Gasteiger partial charge in [-0.15, -0.1) is 0 Å². The second-order valence-electron chi connectivity index (χ2n) is 4.09. The van der Waals surface area contributed by atoms with Crippen molar-refractivity contribution >= 4 is 5.91 Å². The van der Waals surface area contributed by atoms with Gasteiger partial charge in [0.05, 0.1) is 12.1 Å². The molecular weight excluding hydrogens is 238 g/mol. The molecule has 0 bridgehead atoms. The van der Waals surface area contributed by atoms with Gasteiger partial charge < -0.3 is 14.2 Å². The van der Waals surface area contributed by atoms with E-state index in [1.165, 1.54) is 29.8 Å². The maximum atomic E-state index is 11.8. The zero-order valence-electron chi connectivity index (χ0n) is 11.0. The highest BCUT2D eigenvalue weighted by Gasteiger charge is 2.13. The summed E-state index contributed by atoms with van der Waals surface area (Å²) in [4.78, 5) is 36.2. The Labute approximate surface area is 104 Å². The molecule has 0 fully saturated rings. The van der Waals surface area contributed by atoms with Crippen LogP contribution < -0.4 is 11.2 Å². The lowest BCUT2D eigenvalue weighted by Crippen LogP contribution is -2.40. The molecule has 0 aliphatic heterocycles. The minimum absolute atomic E-state index is 0.0391. The molecule has 18 heavy (non-hydrogen) atoms. The summed E-state index contributed by atoms with van der Waals surface area (Å²) < 4.78 is 7.06. The van der Waals surface area contributed by atoms with E-state index >= 15 is 0 Å². The van der Waals surface area contributed by atoms with Gasteiger partial charge in [0.25, 0.3) is 5.56 Å². The van der Waals surface area contributed by atoms with Crippen LogP contribution in [-0.4, -0.2) is 40.7 Å². The number of ether oxygens (including phenoxy) is 1. The average molecular weight is 255 g/mol. The second-order valence-corrected chi connectivity index (χ2v) is 4.09. The number of aryl methyl sites for hydroxylation is 1. The molecule has 1 aromatic heterocycles. The summed E-state index contributed by atoms with van der Waals surface area (Å²) in [7, 11) is 5.97. The molecule has 1 rings (SSSR count). The van der Waals surface area contributed by atoms with Gasteiger partial charge in [-0.3, -0.25) is 14.2 Å². The van der Waals surface area contributed by atoms with E-state index in [2.05, 4.69) is 0 Å². The first-order chi connectivity index (χ1) is 8.38. The Hall–Kier alpha value is -1.89. The van der Waals surface area contributed by atoms with Crippen LogP contribution >= 0.6 is 0 Å². The molecule has 0 unspecified atom stereocenters. The van der Waals surface area contributed by atoms with Gasteiger partial charge in [-0.25, -0.2) is 4.79 Å². The SMILES string of the molecule is COCC(=O)N(C)Cc1cn(C)c(=O)n(C)c1=O. The Morgan fingerprint density at radius 2 is 2.00 bits per heavy atom. The van der Waals surface area contributed by atoms with Crippen LogP contribution in [0.2, 0.25) is 0 Å². The Kier molecular flexibility index (Phi) is 4.43. The van der Waals surface area contributed by atoms with Crippen molar-refractivity contribution in [1.29, 1.82) is 0 Å². The number of hydrogen-bond donors (Lipinski definition) is 0. The smallest absolute Gasteiger partial charge is 0.330 e. The summed E-state index contributed by atoms with van der Waals surface area (Å²) in [5.74, 6) is -0.228. The van der Waals surface area contributed by atoms with Gasteiger partial charge in [-0.2, -0.15) is 0 Å². The lowest BCUT2D eigenvalue weighted by atomic mass is 10.3. The first kappa shape index (κ1) is 14.2. The minimum Gasteiger partial charge on any atom is -0.375 e. The molecule has 0 aliphatic rings. The predicted octanol–water partition coefficient (Wildman–Crippen LogP) is -1.31. The number of methoxy groups -OCH3 is 1. The molecule has 0 radical (unpaired) electrons. The largest absolute Gasteiger partial charge is 0.375 e. The molecule has 0 aromatic carbocycles. The Bertz CT molecular complexity index is 558. The van der Waals surface area contributed by atoms with E-state index in [9.17, 15) is 14.4 Å². The molecule has 7 nitrogen and oxygen atoms in total. The standard InChI is InChI=1S/C11H17N3O4/c1-12(9(15)7-18-4)5-8-6-13(2)11(17)14(3)10(8)16/h6H,5,7H2,1-4H3. The topological polar surface area (TPSA) is 73.5 Å². The van der Waals surface area contributed by atoms with Gasteiger partial charge in [0.15, 0.2) is 0 Å². The van der Waals surface area contributed by atoms with Gasteiger partial charge in [-0.1, -0.05) is 0 Å². The van der Waals surface area contributed by atoms with Crippen molar-refractivity contribution in [2.75, 3.05) is 20.8 Å². The van der Waals surface area contributed by atoms with Gasteiger partial charge in [0.1, 0.15) is 6.61 Å². The van der Waals surface area contributed by atoms with E-state index in [1.807, 2.05) is 0 Å². The van der Waals surface area contributed by atoms with Crippen molar-refractivity contribution in [2.45, 2.75) is 6.54 Å². The minimum atomic E-state index is -0.394. The lowest BCUT2D eigenvalue weighted by Gasteiger charge is -2.17. The zero-order chi connectivity index (χ0) is 13.9. The number of aromatic nitrogens is 2. The van der Waals surface area contributed by atoms with Gasteiger partial charge in [-0.05, 0) is 0 Å². The number of rotatable bonds is 4. The summed E-state index contributed by atoms with van der Waals surface area (Å²) in [6.45, 7) is 0.103. The van der Waals surface area contributed by atoms with Crippen molar-refractivity contribution < 1.29 is 9.53 Å². The van der Waals surface area contributed by atoms with Crippen molar-refractivity contribution in [3.05, 3.63) is 32.6 Å². The summed E-state index contributed by atoms with van der Waals surface area (Å²) in [5, 5.41) is 0. The third kappa shape index (κ3) is 2.86. The maximum Gasteiger partial charge on any atom is 0.330 e. The highest BCUT2D eigenvalue weighted by atomic mass is 16.5.